The van der Waals surface area contributed by atoms with E-state index in [1.807, 2.05) is 5.32 Å². The normalized spacial score (nSPS) is 17.2. The van der Waals surface area contributed by atoms with Crippen molar-refractivity contribution in [3.63, 3.8) is 0 Å². The number of ether oxygens (including phenoxy) is 1. The number of hydrogen-bond acceptors (Lipinski definition) is 4. The third kappa shape index (κ3) is 4.39. The van der Waals surface area contributed by atoms with Gasteiger partial charge in [0.25, 0.3) is 5.91 Å². The van der Waals surface area contributed by atoms with E-state index in [0.717, 1.165) is 23.1 Å². The Balaban J connectivity index is 1.62. The van der Waals surface area contributed by atoms with Crippen LogP contribution in [0.2, 0.25) is 0 Å². The predicted molar refractivity (Wildman–Crippen MR) is 97.4 cm³/mol. The molecule has 0 spiro atoms. The average molecular weight is 406 g/mol. The molecule has 6 nitrogen and oxygen atoms in total. The molecule has 2 amide bonds. The number of benzene rings is 2. The number of esters is 1. The van der Waals surface area contributed by atoms with E-state index >= 15 is 0 Å². The van der Waals surface area contributed by atoms with Crippen molar-refractivity contribution in [1.29, 1.82) is 0 Å². The molecule has 2 atom stereocenters. The highest BCUT2D eigenvalue weighted by atomic mass is 19.1. The fourth-order valence-electron chi connectivity index (χ4n) is 2.93. The molecule has 1 saturated heterocycles. The van der Waals surface area contributed by atoms with E-state index < -0.39 is 52.9 Å². The molecule has 1 aliphatic heterocycles. The summed E-state index contributed by atoms with van der Waals surface area (Å²) in [5, 5.41) is 2.03. The summed E-state index contributed by atoms with van der Waals surface area (Å²) >= 11 is 0. The molecule has 3 rings (SSSR count). The number of para-hydroxylation sites is 2. The van der Waals surface area contributed by atoms with Gasteiger partial charge >= 0.3 is 5.97 Å². The fraction of sp³-hybridized carbons (Fsp3) is 0.250. The molecule has 0 aromatic heterocycles. The smallest absolute Gasteiger partial charge is 0.312 e. The molecule has 0 bridgehead atoms. The van der Waals surface area contributed by atoms with Gasteiger partial charge in [-0.1, -0.05) is 18.2 Å². The maximum Gasteiger partial charge on any atom is 0.312 e. The number of hydrogen-bond donors (Lipinski definition) is 1. The van der Waals surface area contributed by atoms with Crippen LogP contribution in [0.5, 0.6) is 0 Å². The SMILES string of the molecule is C[C@H](OC(=O)[C@@H]1CC(=O)N(c2ccccc2F)C1)C(=O)Nc1c(F)cccc1F. The van der Waals surface area contributed by atoms with Crippen LogP contribution in [0.3, 0.4) is 0 Å². The summed E-state index contributed by atoms with van der Waals surface area (Å²) < 4.78 is 46.2. The Morgan fingerprint density at radius 2 is 1.69 bits per heavy atom. The van der Waals surface area contributed by atoms with Gasteiger partial charge in [0.1, 0.15) is 23.1 Å². The van der Waals surface area contributed by atoms with Crippen LogP contribution < -0.4 is 10.2 Å². The van der Waals surface area contributed by atoms with Crippen LogP contribution in [-0.4, -0.2) is 30.4 Å². The number of amides is 2. The van der Waals surface area contributed by atoms with Crippen LogP contribution in [0, 0.1) is 23.4 Å². The zero-order valence-electron chi connectivity index (χ0n) is 15.3. The van der Waals surface area contributed by atoms with Gasteiger partial charge in [0, 0.05) is 13.0 Å². The summed E-state index contributed by atoms with van der Waals surface area (Å²) in [6.45, 7) is 1.13. The van der Waals surface area contributed by atoms with Crippen LogP contribution in [0.1, 0.15) is 13.3 Å². The van der Waals surface area contributed by atoms with Crippen molar-refractivity contribution in [2.75, 3.05) is 16.8 Å². The van der Waals surface area contributed by atoms with Gasteiger partial charge in [-0.05, 0) is 31.2 Å². The molecule has 1 heterocycles. The Kier molecular flexibility index (Phi) is 5.86. The lowest BCUT2D eigenvalue weighted by Gasteiger charge is -2.18. The number of carbonyl (C=O) groups excluding carboxylic acids is 3. The monoisotopic (exact) mass is 406 g/mol. The van der Waals surface area contributed by atoms with Crippen molar-refractivity contribution in [1.82, 2.24) is 0 Å². The summed E-state index contributed by atoms with van der Waals surface area (Å²) in [7, 11) is 0. The first-order valence-electron chi connectivity index (χ1n) is 8.78. The van der Waals surface area contributed by atoms with E-state index in [0.29, 0.717) is 0 Å². The molecule has 29 heavy (non-hydrogen) atoms. The van der Waals surface area contributed by atoms with Gasteiger partial charge in [-0.3, -0.25) is 14.4 Å². The van der Waals surface area contributed by atoms with Gasteiger partial charge in [0.15, 0.2) is 6.10 Å². The Morgan fingerprint density at radius 3 is 2.34 bits per heavy atom. The van der Waals surface area contributed by atoms with E-state index in [-0.39, 0.29) is 18.7 Å². The van der Waals surface area contributed by atoms with Crippen LogP contribution in [-0.2, 0) is 19.1 Å². The first kappa shape index (κ1) is 20.4. The molecule has 2 aromatic rings. The molecular weight excluding hydrogens is 389 g/mol. The highest BCUT2D eigenvalue weighted by molar-refractivity contribution is 6.00. The number of rotatable bonds is 5. The van der Waals surface area contributed by atoms with E-state index in [1.165, 1.54) is 25.1 Å². The maximum absolute atomic E-state index is 13.9. The number of anilines is 2. The number of carbonyl (C=O) groups is 3. The zero-order valence-corrected chi connectivity index (χ0v) is 15.3. The minimum absolute atomic E-state index is 0.0496. The Hall–Kier alpha value is -3.36. The van der Waals surface area contributed by atoms with Crippen molar-refractivity contribution in [2.45, 2.75) is 19.4 Å². The third-order valence-corrected chi connectivity index (χ3v) is 4.47. The molecule has 0 radical (unpaired) electrons. The summed E-state index contributed by atoms with van der Waals surface area (Å²) in [5.74, 6) is -5.68. The van der Waals surface area contributed by atoms with E-state index in [1.54, 1.807) is 6.07 Å². The van der Waals surface area contributed by atoms with Gasteiger partial charge in [0.2, 0.25) is 5.91 Å². The van der Waals surface area contributed by atoms with Crippen molar-refractivity contribution in [3.05, 3.63) is 59.9 Å². The van der Waals surface area contributed by atoms with Gasteiger partial charge < -0.3 is 15.0 Å². The minimum atomic E-state index is -1.36. The molecule has 0 unspecified atom stereocenters. The van der Waals surface area contributed by atoms with Crippen molar-refractivity contribution in [2.24, 2.45) is 5.92 Å². The average Bonchev–Trinajstić information content (AvgIpc) is 3.06. The van der Waals surface area contributed by atoms with Crippen LogP contribution in [0.4, 0.5) is 24.5 Å². The number of nitrogens with zero attached hydrogens (tertiary/aromatic N) is 1. The second-order valence-corrected chi connectivity index (χ2v) is 6.52. The highest BCUT2D eigenvalue weighted by Crippen LogP contribution is 2.28. The first-order valence-corrected chi connectivity index (χ1v) is 8.78. The minimum Gasteiger partial charge on any atom is -0.452 e. The topological polar surface area (TPSA) is 75.7 Å². The van der Waals surface area contributed by atoms with E-state index in [9.17, 15) is 27.6 Å². The van der Waals surface area contributed by atoms with Crippen LogP contribution in [0.25, 0.3) is 0 Å². The predicted octanol–water partition coefficient (Wildman–Crippen LogP) is 3.03. The lowest BCUT2D eigenvalue weighted by Crippen LogP contribution is -2.33. The molecular formula is C20H17F3N2O4. The Labute approximate surface area is 164 Å². The lowest BCUT2D eigenvalue weighted by molar-refractivity contribution is -0.157. The molecule has 0 aliphatic carbocycles. The number of halogens is 3. The van der Waals surface area contributed by atoms with Crippen molar-refractivity contribution >= 4 is 29.2 Å². The summed E-state index contributed by atoms with van der Waals surface area (Å²) in [6.07, 6.45) is -1.57. The molecule has 2 aromatic carbocycles. The van der Waals surface area contributed by atoms with Gasteiger partial charge in [-0.15, -0.1) is 0 Å². The maximum atomic E-state index is 13.9. The van der Waals surface area contributed by atoms with Crippen LogP contribution in [0.15, 0.2) is 42.5 Å². The highest BCUT2D eigenvalue weighted by Gasteiger charge is 2.38. The van der Waals surface area contributed by atoms with E-state index in [2.05, 4.69) is 0 Å². The molecule has 9 heteroatoms. The summed E-state index contributed by atoms with van der Waals surface area (Å²) in [4.78, 5) is 37.8. The second-order valence-electron chi connectivity index (χ2n) is 6.52. The second kappa shape index (κ2) is 8.34. The molecule has 1 fully saturated rings. The van der Waals surface area contributed by atoms with Crippen molar-refractivity contribution in [3.8, 4) is 0 Å². The zero-order chi connectivity index (χ0) is 21.1. The fourth-order valence-corrected chi connectivity index (χ4v) is 2.93. The molecule has 1 N–H and O–H groups in total. The Morgan fingerprint density at radius 1 is 1.07 bits per heavy atom. The third-order valence-electron chi connectivity index (χ3n) is 4.47. The van der Waals surface area contributed by atoms with Gasteiger partial charge in [0.05, 0.1) is 11.6 Å². The quantitative estimate of drug-likeness (QED) is 0.775. The van der Waals surface area contributed by atoms with Gasteiger partial charge in [-0.2, -0.15) is 0 Å². The van der Waals surface area contributed by atoms with Crippen molar-refractivity contribution < 1.29 is 32.3 Å². The Bertz CT molecular complexity index is 946. The largest absolute Gasteiger partial charge is 0.452 e. The molecule has 0 saturated carbocycles. The first-order chi connectivity index (χ1) is 13.8. The summed E-state index contributed by atoms with van der Waals surface area (Å²) in [5.41, 5.74) is -0.601. The number of nitrogens with one attached hydrogen (secondary N) is 1. The molecule has 152 valence electrons. The van der Waals surface area contributed by atoms with Crippen LogP contribution >= 0.6 is 0 Å². The molecule has 1 aliphatic rings. The van der Waals surface area contributed by atoms with Gasteiger partial charge in [-0.25, -0.2) is 13.2 Å². The van der Waals surface area contributed by atoms with E-state index in [4.69, 9.17) is 4.74 Å². The summed E-state index contributed by atoms with van der Waals surface area (Å²) in [6, 6.07) is 8.73. The standard InChI is InChI=1S/C20H17F3N2O4/c1-11(19(27)24-18-14(22)6-4-7-15(18)23)29-20(28)12-9-17(26)25(10-12)16-8-3-2-5-13(16)21/h2-8,11-12H,9-10H2,1H3,(H,24,27)/t11-,12+/m0/s1. The lowest BCUT2D eigenvalue weighted by atomic mass is 10.1.